The zero-order valence-corrected chi connectivity index (χ0v) is 34.0. The summed E-state index contributed by atoms with van der Waals surface area (Å²) in [5, 5.41) is 5.97. The molecule has 0 aliphatic heterocycles. The minimum Gasteiger partial charge on any atom is -0.322 e. The maximum Gasteiger partial charge on any atom is 0.511 e. The fraction of sp³-hybridized carbons (Fsp3) is 0.130. The quantitative estimate of drug-likeness (QED) is 0.101. The van der Waals surface area contributed by atoms with E-state index in [0.717, 1.165) is 11.1 Å². The van der Waals surface area contributed by atoms with Gasteiger partial charge in [0.15, 0.2) is 0 Å². The molecule has 0 amide bonds. The van der Waals surface area contributed by atoms with E-state index < -0.39 is 43.1 Å². The molecule has 0 saturated carbocycles. The number of alkyl halides is 6. The molecule has 0 spiro atoms. The number of nitrogens with two attached hydrogens (primary N) is 2. The van der Waals surface area contributed by atoms with Gasteiger partial charge in [-0.2, -0.15) is 35.8 Å². The lowest BCUT2D eigenvalue weighted by molar-refractivity contribution is -0.0465. The number of fused-ring (bicyclic) bond motifs is 4. The van der Waals surface area contributed by atoms with Crippen molar-refractivity contribution in [2.75, 3.05) is 0 Å². The Bertz CT molecular complexity index is 2900. The Labute approximate surface area is 353 Å². The normalized spacial score (nSPS) is 14.6. The maximum atomic E-state index is 13.5. The van der Waals surface area contributed by atoms with Crippen molar-refractivity contribution in [3.8, 4) is 0 Å². The summed E-state index contributed by atoms with van der Waals surface area (Å²) in [6, 6.07) is 44.7. The molecular formula is C46H38F6N4O4S2. The predicted molar refractivity (Wildman–Crippen MR) is 231 cm³/mol. The van der Waals surface area contributed by atoms with Gasteiger partial charge in [-0.1, -0.05) is 170 Å². The van der Waals surface area contributed by atoms with E-state index in [0.29, 0.717) is 10.8 Å². The Morgan fingerprint density at radius 2 is 0.581 bits per heavy atom. The van der Waals surface area contributed by atoms with Crippen LogP contribution in [0.4, 0.5) is 26.3 Å². The van der Waals surface area contributed by atoms with Gasteiger partial charge in [-0.25, -0.2) is 16.8 Å². The van der Waals surface area contributed by atoms with E-state index in [1.165, 1.54) is 79.5 Å². The van der Waals surface area contributed by atoms with E-state index in [1.54, 1.807) is 36.4 Å². The summed E-state index contributed by atoms with van der Waals surface area (Å²) in [4.78, 5) is 0. The topological polar surface area (TPSA) is 144 Å². The largest absolute Gasteiger partial charge is 0.511 e. The lowest BCUT2D eigenvalue weighted by Crippen LogP contribution is -2.47. The number of benzene rings is 8. The van der Waals surface area contributed by atoms with E-state index in [1.807, 2.05) is 36.4 Å². The van der Waals surface area contributed by atoms with Gasteiger partial charge in [-0.05, 0) is 65.3 Å². The first-order valence-corrected chi connectivity index (χ1v) is 21.9. The number of rotatable bonds is 10. The molecule has 8 aromatic rings. The van der Waals surface area contributed by atoms with Gasteiger partial charge in [-0.15, -0.1) is 0 Å². The van der Waals surface area contributed by atoms with Crippen molar-refractivity contribution in [1.29, 1.82) is 0 Å². The molecule has 0 heterocycles. The number of nitrogens with one attached hydrogen (secondary N) is 2. The second-order valence-corrected chi connectivity index (χ2v) is 17.8. The summed E-state index contributed by atoms with van der Waals surface area (Å²) >= 11 is 0. The first kappa shape index (κ1) is 44.2. The Morgan fingerprint density at radius 1 is 0.355 bits per heavy atom. The zero-order chi connectivity index (χ0) is 44.5. The van der Waals surface area contributed by atoms with Crippen LogP contribution in [0, 0.1) is 0 Å². The Kier molecular flexibility index (Phi) is 12.5. The highest BCUT2D eigenvalue weighted by Crippen LogP contribution is 2.40. The molecule has 0 unspecified atom stereocenters. The van der Waals surface area contributed by atoms with Crippen molar-refractivity contribution in [3.63, 3.8) is 0 Å². The van der Waals surface area contributed by atoms with Crippen LogP contribution in [0.3, 0.4) is 0 Å². The molecular weight excluding hydrogens is 851 g/mol. The molecule has 16 heteroatoms. The third-order valence-corrected chi connectivity index (χ3v) is 12.9. The van der Waals surface area contributed by atoms with Crippen molar-refractivity contribution in [2.45, 2.75) is 35.2 Å². The lowest BCUT2D eigenvalue weighted by atomic mass is 9.89. The highest BCUT2D eigenvalue weighted by Gasteiger charge is 2.51. The Hall–Kier alpha value is -5.88. The monoisotopic (exact) mass is 888 g/mol. The van der Waals surface area contributed by atoms with Gasteiger partial charge >= 0.3 is 31.1 Å². The van der Waals surface area contributed by atoms with Crippen LogP contribution in [0.15, 0.2) is 170 Å². The second kappa shape index (κ2) is 17.5. The highest BCUT2D eigenvalue weighted by atomic mass is 32.2. The molecule has 320 valence electrons. The van der Waals surface area contributed by atoms with Crippen LogP contribution < -0.4 is 20.9 Å². The summed E-state index contributed by atoms with van der Waals surface area (Å²) in [6.07, 6.45) is 0. The summed E-state index contributed by atoms with van der Waals surface area (Å²) in [5.41, 5.74) is 3.33. The minimum absolute atomic E-state index is 0.182. The van der Waals surface area contributed by atoms with Crippen molar-refractivity contribution in [2.24, 2.45) is 11.5 Å². The lowest BCUT2D eigenvalue weighted by Gasteiger charge is -2.31. The van der Waals surface area contributed by atoms with Crippen molar-refractivity contribution in [3.05, 3.63) is 192 Å². The number of hydrogen-bond donors (Lipinski definition) is 4. The van der Waals surface area contributed by atoms with Gasteiger partial charge in [0, 0.05) is 12.1 Å². The first-order chi connectivity index (χ1) is 29.4. The van der Waals surface area contributed by atoms with Gasteiger partial charge in [0.1, 0.15) is 0 Å². The standard InChI is InChI=1S/C24H18F6N2O4S2.C22H20N2/c25-23(26,27)37(33,34)31-21(19-13-5-9-15-7-1-3-11-17(15)19)22(32-38(35,36)24(28,29)30)20-14-6-10-16-8-2-4-12-18(16)20;23-21(19-13-5-9-15-7-1-3-11-17(15)19)22(24)20-14-6-10-16-8-2-4-12-18(16)20/h1-14,21-22,31-32H;1-14,21-22H,23-24H2/t2*21-,22-/m00/s1. The van der Waals surface area contributed by atoms with E-state index >= 15 is 0 Å². The van der Waals surface area contributed by atoms with E-state index in [4.69, 9.17) is 11.5 Å². The summed E-state index contributed by atoms with van der Waals surface area (Å²) < 4.78 is 133. The maximum absolute atomic E-state index is 13.5. The van der Waals surface area contributed by atoms with Crippen LogP contribution in [0.2, 0.25) is 0 Å². The van der Waals surface area contributed by atoms with Gasteiger partial charge in [-0.3, -0.25) is 0 Å². The predicted octanol–water partition coefficient (Wildman–Crippen LogP) is 10.3. The number of sulfonamides is 2. The number of halogens is 6. The average molecular weight is 889 g/mol. The van der Waals surface area contributed by atoms with Crippen LogP contribution in [0.1, 0.15) is 46.4 Å². The molecule has 0 saturated heterocycles. The molecule has 0 aliphatic carbocycles. The van der Waals surface area contributed by atoms with Gasteiger partial charge < -0.3 is 11.5 Å². The molecule has 8 aromatic carbocycles. The molecule has 4 atom stereocenters. The molecule has 0 fully saturated rings. The van der Waals surface area contributed by atoms with Crippen LogP contribution >= 0.6 is 0 Å². The van der Waals surface area contributed by atoms with E-state index in [9.17, 15) is 43.2 Å². The van der Waals surface area contributed by atoms with E-state index in [-0.39, 0.29) is 34.0 Å². The summed E-state index contributed by atoms with van der Waals surface area (Å²) in [7, 11) is -12.4. The second-order valence-electron chi connectivity index (χ2n) is 14.4. The van der Waals surface area contributed by atoms with Crippen molar-refractivity contribution < 1.29 is 43.2 Å². The number of hydrogen-bond acceptors (Lipinski definition) is 6. The third kappa shape index (κ3) is 9.02. The van der Waals surface area contributed by atoms with Crippen molar-refractivity contribution in [1.82, 2.24) is 9.44 Å². The van der Waals surface area contributed by atoms with Crippen LogP contribution in [0.25, 0.3) is 43.1 Å². The summed E-state index contributed by atoms with van der Waals surface area (Å²) in [5.74, 6) is 0. The van der Waals surface area contributed by atoms with Crippen LogP contribution in [-0.2, 0) is 20.0 Å². The van der Waals surface area contributed by atoms with Crippen molar-refractivity contribution >= 4 is 63.1 Å². The Morgan fingerprint density at radius 3 is 0.855 bits per heavy atom. The minimum atomic E-state index is -6.18. The van der Waals surface area contributed by atoms with Crippen LogP contribution in [0.5, 0.6) is 0 Å². The molecule has 0 aliphatic rings. The first-order valence-electron chi connectivity index (χ1n) is 19.0. The molecule has 0 aromatic heterocycles. The SMILES string of the molecule is N[C@@H](c1cccc2ccccc12)[C@@H](N)c1cccc2ccccc12.O=S(=O)(N[C@@H](c1cccc2ccccc12)[C@@H](NS(=O)(=O)C(F)(F)F)c1cccc2ccccc12)C(F)(F)F. The van der Waals surface area contributed by atoms with Crippen LogP contribution in [-0.4, -0.2) is 27.9 Å². The van der Waals surface area contributed by atoms with Gasteiger partial charge in [0.05, 0.1) is 12.1 Å². The molecule has 8 rings (SSSR count). The molecule has 62 heavy (non-hydrogen) atoms. The van der Waals surface area contributed by atoms with Gasteiger partial charge in [0.25, 0.3) is 0 Å². The fourth-order valence-corrected chi connectivity index (χ4v) is 9.06. The van der Waals surface area contributed by atoms with E-state index in [2.05, 4.69) is 48.5 Å². The smallest absolute Gasteiger partial charge is 0.322 e. The van der Waals surface area contributed by atoms with Gasteiger partial charge in [0.2, 0.25) is 0 Å². The molecule has 6 N–H and O–H groups in total. The summed E-state index contributed by atoms with van der Waals surface area (Å²) in [6.45, 7) is 0. The average Bonchev–Trinajstić information content (AvgIpc) is 3.25. The highest BCUT2D eigenvalue weighted by molar-refractivity contribution is 7.90. The third-order valence-electron chi connectivity index (χ3n) is 10.6. The fourth-order valence-electron chi connectivity index (χ4n) is 7.60. The Balaban J connectivity index is 0.000000206. The molecule has 0 bridgehead atoms. The molecule has 8 nitrogen and oxygen atoms in total. The zero-order valence-electron chi connectivity index (χ0n) is 32.3. The molecule has 0 radical (unpaired) electrons.